The number of carboxylic acids is 1. The highest BCUT2D eigenvalue weighted by atomic mass is 35.5. The number of aliphatic carboxylic acids is 1. The average Bonchev–Trinajstić information content (AvgIpc) is 3.65. The Morgan fingerprint density at radius 2 is 1.57 bits per heavy atom. The minimum atomic E-state index is -1.39. The Hall–Kier alpha value is -5.88. The number of rotatable bonds is 13. The summed E-state index contributed by atoms with van der Waals surface area (Å²) in [5.41, 5.74) is 6.56. The molecule has 2 aromatic heterocycles. The van der Waals surface area contributed by atoms with Crippen LogP contribution in [0, 0.1) is 0 Å². The van der Waals surface area contributed by atoms with Crippen molar-refractivity contribution in [3.63, 3.8) is 0 Å². The number of hydrogen-bond donors (Lipinski definition) is 4. The Morgan fingerprint density at radius 1 is 0.952 bits per heavy atom. The largest absolute Gasteiger partial charge is 0.477 e. The Labute approximate surface area is 380 Å². The van der Waals surface area contributed by atoms with Crippen LogP contribution in [0.3, 0.4) is 0 Å². The van der Waals surface area contributed by atoms with E-state index in [4.69, 9.17) is 26.9 Å². The van der Waals surface area contributed by atoms with Gasteiger partial charge in [-0.05, 0) is 45.2 Å². The van der Waals surface area contributed by atoms with E-state index in [-0.39, 0.29) is 44.6 Å². The predicted molar refractivity (Wildman–Crippen MR) is 243 cm³/mol. The normalized spacial score (nSPS) is 19.5. The number of aromatic nitrogens is 2. The van der Waals surface area contributed by atoms with E-state index in [2.05, 4.69) is 25.8 Å². The monoisotopic (exact) mass is 923 g/mol. The number of ether oxygens (including phenoxy) is 1. The van der Waals surface area contributed by atoms with Gasteiger partial charge >= 0.3 is 12.1 Å². The zero-order valence-electron chi connectivity index (χ0n) is 34.2. The van der Waals surface area contributed by atoms with Gasteiger partial charge in [0.1, 0.15) is 37.3 Å². The van der Waals surface area contributed by atoms with Gasteiger partial charge in [-0.15, -0.1) is 23.5 Å². The molecule has 3 amide bonds. The number of β-lactam (4-membered cyclic amide) rings is 1. The highest BCUT2D eigenvalue weighted by Crippen LogP contribution is 2.55. The first-order valence-electron chi connectivity index (χ1n) is 20.0. The molecular weight excluding hydrogens is 882 g/mol. The first kappa shape index (κ1) is 43.8. The summed E-state index contributed by atoms with van der Waals surface area (Å²) in [5, 5.41) is 19.2. The number of nitrogen functional groups attached to an aromatic ring is 1. The smallest absolute Gasteiger partial charge is 0.407 e. The van der Waals surface area contributed by atoms with Crippen molar-refractivity contribution >= 4 is 81.2 Å². The number of anilines is 1. The molecule has 3 aromatic carbocycles. The molecule has 5 aliphatic heterocycles. The Bertz CT molecular complexity index is 2510. The van der Waals surface area contributed by atoms with Gasteiger partial charge in [-0.1, -0.05) is 119 Å². The number of halogens is 1. The summed E-state index contributed by atoms with van der Waals surface area (Å²) in [5.74, 6) is -3.16. The summed E-state index contributed by atoms with van der Waals surface area (Å²) in [4.78, 5) is 72.5. The molecule has 2 unspecified atom stereocenters. The number of pyridine rings is 1. The number of carbonyl (C=O) groups excluding carboxylic acids is 3. The van der Waals surface area contributed by atoms with E-state index in [0.29, 0.717) is 35.1 Å². The second kappa shape index (κ2) is 18.1. The highest BCUT2D eigenvalue weighted by Gasteiger charge is 2.58. The van der Waals surface area contributed by atoms with Gasteiger partial charge in [0.15, 0.2) is 10.8 Å². The number of fused-ring (bicyclic) bond motifs is 1. The van der Waals surface area contributed by atoms with Crippen LogP contribution in [0.1, 0.15) is 67.5 Å². The summed E-state index contributed by atoms with van der Waals surface area (Å²) < 4.78 is 5.50. The third kappa shape index (κ3) is 8.74. The minimum absolute atomic E-state index is 0.0398. The Morgan fingerprint density at radius 3 is 2.13 bits per heavy atom. The lowest BCUT2D eigenvalue weighted by Gasteiger charge is -2.51. The third-order valence-corrected chi connectivity index (χ3v) is 14.5. The molecule has 7 heterocycles. The summed E-state index contributed by atoms with van der Waals surface area (Å²) in [6.45, 7) is 5.50. The van der Waals surface area contributed by atoms with E-state index in [1.165, 1.54) is 28.4 Å². The van der Waals surface area contributed by atoms with Gasteiger partial charge < -0.3 is 31.0 Å². The van der Waals surface area contributed by atoms with Gasteiger partial charge in [-0.3, -0.25) is 19.5 Å². The number of nitrogens with one attached hydrogen (secondary N) is 2. The van der Waals surface area contributed by atoms with Crippen molar-refractivity contribution in [1.29, 1.82) is 0 Å². The molecule has 0 spiro atoms. The van der Waals surface area contributed by atoms with Gasteiger partial charge in [0.05, 0.1) is 0 Å². The molecule has 14 nitrogen and oxygen atoms in total. The van der Waals surface area contributed by atoms with Crippen LogP contribution in [-0.4, -0.2) is 77.7 Å². The quantitative estimate of drug-likeness (QED) is 0.0295. The molecule has 5 aliphatic rings. The van der Waals surface area contributed by atoms with Gasteiger partial charge in [-0.2, -0.15) is 0 Å². The van der Waals surface area contributed by atoms with E-state index in [0.717, 1.165) is 16.2 Å². The number of nitrogens with zero attached hydrogens (tertiary/aromatic N) is 4. The Kier molecular flexibility index (Phi) is 12.6. The number of thioether (sulfide) groups is 2. The minimum Gasteiger partial charge on any atom is -0.477 e. The molecule has 1 saturated heterocycles. The van der Waals surface area contributed by atoms with E-state index in [9.17, 15) is 19.5 Å². The maximum absolute atomic E-state index is 15.1. The van der Waals surface area contributed by atoms with E-state index >= 15 is 4.79 Å². The SMILES string of the molecule is CC(C)(C)OC(=O)NCCCC1C2=C(C(=O)O)N3C(=O)[C@@H](Sc4ccncc41)[C@@H]3SC2NC(=O)C(=NOC(c1ccccc1)(c1ccccc1)c1ccccc1)c1nc(N)sc1Cl. The Balaban J connectivity index is 1.22. The lowest BCUT2D eigenvalue weighted by atomic mass is 9.80. The standard InChI is InChI=1S/C45H42ClN7O7S3/c1-44(2,3)59-43(58)49-22-13-20-28-29-24-48-23-21-30(29)61-35-39(55)53-34(41(56)57)31(28)38(63-40(35)53)51-37(54)33(32-36(46)62-42(47)50-32)52-60-45(25-14-7-4-8-15-25,26-16-9-5-10-17-26)27-18-11-6-12-19-27/h4-12,14-19,21,23-24,28,35,38,40H,13,20,22H2,1-3H3,(H2,47,50)(H,49,58)(H,51,54)(H,56,57)/t28?,35-,38?,40+/m1/s1. The number of nitrogens with two attached hydrogens (primary N) is 1. The second-order valence-electron chi connectivity index (χ2n) is 15.8. The number of carboxylic acid groups (broad SMARTS) is 1. The predicted octanol–water partition coefficient (Wildman–Crippen LogP) is 7.75. The number of alkyl carbamates (subject to hydrolysis) is 1. The third-order valence-electron chi connectivity index (χ3n) is 10.5. The second-order valence-corrected chi connectivity index (χ2v) is 19.8. The van der Waals surface area contributed by atoms with E-state index in [1.807, 2.05) is 91.0 Å². The van der Waals surface area contributed by atoms with Crippen LogP contribution in [-0.2, 0) is 29.6 Å². The molecule has 4 bridgehead atoms. The van der Waals surface area contributed by atoms with Crippen LogP contribution in [0.15, 0.2) is 131 Å². The zero-order chi connectivity index (χ0) is 44.5. The number of amides is 3. The van der Waals surface area contributed by atoms with Crippen LogP contribution in [0.25, 0.3) is 0 Å². The molecule has 324 valence electrons. The first-order valence-corrected chi connectivity index (χ1v) is 23.0. The van der Waals surface area contributed by atoms with Crippen LogP contribution >= 0.6 is 46.5 Å². The van der Waals surface area contributed by atoms with Crippen molar-refractivity contribution < 1.29 is 33.9 Å². The van der Waals surface area contributed by atoms with E-state index < -0.39 is 51.1 Å². The summed E-state index contributed by atoms with van der Waals surface area (Å²) in [7, 11) is 0. The van der Waals surface area contributed by atoms with E-state index in [1.54, 1.807) is 39.2 Å². The summed E-state index contributed by atoms with van der Waals surface area (Å²) in [6.07, 6.45) is 3.37. The molecular formula is C45H42ClN7O7S3. The fraction of sp³-hybridized carbons (Fsp3) is 0.267. The molecule has 18 heteroatoms. The maximum Gasteiger partial charge on any atom is 0.407 e. The number of thiazole rings is 1. The molecule has 5 N–H and O–H groups in total. The molecule has 0 saturated carbocycles. The summed E-state index contributed by atoms with van der Waals surface area (Å²) in [6, 6.07) is 30.2. The highest BCUT2D eigenvalue weighted by molar-refractivity contribution is 8.05. The first-order chi connectivity index (χ1) is 30.3. The topological polar surface area (TPSA) is 198 Å². The maximum atomic E-state index is 15.1. The summed E-state index contributed by atoms with van der Waals surface area (Å²) >= 11 is 10.3. The molecule has 5 aromatic rings. The molecule has 4 atom stereocenters. The average molecular weight is 925 g/mol. The lowest BCUT2D eigenvalue weighted by molar-refractivity contribution is -0.145. The number of oxime groups is 1. The fourth-order valence-corrected chi connectivity index (χ4v) is 11.9. The van der Waals surface area contributed by atoms with Crippen molar-refractivity contribution in [3.05, 3.63) is 153 Å². The molecule has 1 fully saturated rings. The lowest BCUT2D eigenvalue weighted by Crippen LogP contribution is -2.65. The van der Waals surface area contributed by atoms with Crippen LogP contribution < -0.4 is 16.4 Å². The van der Waals surface area contributed by atoms with Crippen molar-refractivity contribution in [1.82, 2.24) is 25.5 Å². The number of benzene rings is 3. The van der Waals surface area contributed by atoms with Crippen molar-refractivity contribution in [2.24, 2.45) is 5.16 Å². The van der Waals surface area contributed by atoms with Gasteiger partial charge in [0.2, 0.25) is 11.5 Å². The number of hydrogen-bond acceptors (Lipinski definition) is 13. The van der Waals surface area contributed by atoms with Gasteiger partial charge in [0, 0.05) is 52.0 Å². The number of carbonyl (C=O) groups is 4. The van der Waals surface area contributed by atoms with Crippen molar-refractivity contribution in [2.45, 2.75) is 71.6 Å². The molecule has 10 rings (SSSR count). The molecule has 63 heavy (non-hydrogen) atoms. The van der Waals surface area contributed by atoms with Crippen molar-refractivity contribution in [3.8, 4) is 0 Å². The molecule has 0 aliphatic carbocycles. The van der Waals surface area contributed by atoms with Crippen molar-refractivity contribution in [2.75, 3.05) is 12.3 Å². The van der Waals surface area contributed by atoms with Gasteiger partial charge in [0.25, 0.3) is 5.91 Å². The van der Waals surface area contributed by atoms with Crippen LogP contribution in [0.5, 0.6) is 0 Å². The zero-order valence-corrected chi connectivity index (χ0v) is 37.4. The fourth-order valence-electron chi connectivity index (χ4n) is 7.90. The van der Waals surface area contributed by atoms with Gasteiger partial charge in [-0.25, -0.2) is 14.6 Å². The van der Waals surface area contributed by atoms with Crippen LogP contribution in [0.4, 0.5) is 9.93 Å². The van der Waals surface area contributed by atoms with Crippen LogP contribution in [0.2, 0.25) is 4.34 Å². The molecule has 0 radical (unpaired) electrons.